The topological polar surface area (TPSA) is 139 Å². The number of piperazine rings is 1. The van der Waals surface area contributed by atoms with E-state index in [0.717, 1.165) is 78.5 Å². The number of phenols is 1. The first-order chi connectivity index (χ1) is 26.8. The zero-order valence-electron chi connectivity index (χ0n) is 30.1. The van der Waals surface area contributed by atoms with Crippen LogP contribution in [0.5, 0.6) is 23.0 Å². The van der Waals surface area contributed by atoms with Gasteiger partial charge in [-0.1, -0.05) is 45.2 Å². The van der Waals surface area contributed by atoms with Crippen LogP contribution in [0.1, 0.15) is 74.2 Å². The summed E-state index contributed by atoms with van der Waals surface area (Å²) in [6, 6.07) is 24.9. The van der Waals surface area contributed by atoms with E-state index in [2.05, 4.69) is 37.3 Å². The van der Waals surface area contributed by atoms with Gasteiger partial charge in [0.25, 0.3) is 11.5 Å². The summed E-state index contributed by atoms with van der Waals surface area (Å²) in [5.74, 6) is 1.70. The lowest BCUT2D eigenvalue weighted by molar-refractivity contribution is -0.136. The van der Waals surface area contributed by atoms with Crippen molar-refractivity contribution in [1.82, 2.24) is 25.0 Å². The molecule has 2 amide bonds. The zero-order valence-corrected chi connectivity index (χ0v) is 30.1. The fourth-order valence-corrected chi connectivity index (χ4v) is 7.91. The second kappa shape index (κ2) is 17.8. The number of carbonyl (C=O) groups is 2. The van der Waals surface area contributed by atoms with Gasteiger partial charge in [-0.3, -0.25) is 24.6 Å². The first-order valence-corrected chi connectivity index (χ1v) is 18.6. The molecule has 12 nitrogen and oxygen atoms in total. The summed E-state index contributed by atoms with van der Waals surface area (Å²) in [5, 5.41) is 16.5. The molecule has 2 fully saturated rings. The molecule has 1 unspecified atom stereocenters. The van der Waals surface area contributed by atoms with E-state index in [0.29, 0.717) is 12.4 Å². The van der Waals surface area contributed by atoms with Crippen molar-refractivity contribution in [2.75, 3.05) is 44.2 Å². The minimum Gasteiger partial charge on any atom is -0.508 e. The number of fused-ring (bicyclic) bond motifs is 1. The molecule has 5 aromatic rings. The number of rotatable bonds is 10. The summed E-state index contributed by atoms with van der Waals surface area (Å²) in [7, 11) is 0. The number of piperidine rings is 1. The van der Waals surface area contributed by atoms with Crippen molar-refractivity contribution in [2.45, 2.75) is 58.4 Å². The van der Waals surface area contributed by atoms with Crippen LogP contribution in [0.15, 0.2) is 102 Å². The molecular weight excluding hydrogens is 728 g/mol. The molecule has 4 heterocycles. The Hall–Kier alpha value is -6.08. The lowest BCUT2D eigenvalue weighted by Crippen LogP contribution is -2.47. The van der Waals surface area contributed by atoms with Crippen molar-refractivity contribution < 1.29 is 28.6 Å². The monoisotopic (exact) mass is 776 g/mol. The number of ether oxygens (including phenoxy) is 2. The van der Waals surface area contributed by atoms with Gasteiger partial charge >= 0.3 is 0 Å². The number of hydrogen-bond donors (Lipinski definition) is 2. The van der Waals surface area contributed by atoms with Crippen LogP contribution in [-0.2, 0) is 16.0 Å². The molecular formula is C44H49FN6O6. The normalized spacial score (nSPS) is 19.4. The van der Waals surface area contributed by atoms with E-state index in [1.54, 1.807) is 18.3 Å². The second-order valence-corrected chi connectivity index (χ2v) is 14.2. The fraction of sp³-hybridized carbons (Fsp3) is 0.341. The number of aromatic nitrogens is 3. The van der Waals surface area contributed by atoms with E-state index >= 15 is 0 Å². The summed E-state index contributed by atoms with van der Waals surface area (Å²) >= 11 is 0. The number of amides is 2. The van der Waals surface area contributed by atoms with Gasteiger partial charge in [0.1, 0.15) is 41.5 Å². The van der Waals surface area contributed by atoms with Gasteiger partial charge in [-0.25, -0.2) is 14.1 Å². The number of anilines is 1. The number of halogens is 1. The molecule has 0 bridgehead atoms. The van der Waals surface area contributed by atoms with Gasteiger partial charge in [-0.15, -0.1) is 0 Å². The number of carbonyl (C=O) groups excluding carboxylic acids is 2. The Morgan fingerprint density at radius 3 is 2.23 bits per heavy atom. The van der Waals surface area contributed by atoms with E-state index < -0.39 is 17.5 Å². The summed E-state index contributed by atoms with van der Waals surface area (Å²) in [6.45, 7) is 4.68. The Labute approximate surface area is 331 Å². The molecule has 57 heavy (non-hydrogen) atoms. The highest BCUT2D eigenvalue weighted by Crippen LogP contribution is 2.47. The molecule has 3 aromatic carbocycles. The molecule has 2 saturated heterocycles. The highest BCUT2D eigenvalue weighted by Gasteiger charge is 2.33. The minimum absolute atomic E-state index is 0. The molecule has 298 valence electrons. The molecule has 0 spiro atoms. The maximum absolute atomic E-state index is 13.8. The molecule has 3 aliphatic rings. The predicted molar refractivity (Wildman–Crippen MR) is 216 cm³/mol. The van der Waals surface area contributed by atoms with Gasteiger partial charge < -0.3 is 19.5 Å². The van der Waals surface area contributed by atoms with E-state index in [1.165, 1.54) is 30.0 Å². The van der Waals surface area contributed by atoms with E-state index in [1.807, 2.05) is 42.5 Å². The molecule has 8 rings (SSSR count). The number of aromatic hydroxyl groups is 1. The van der Waals surface area contributed by atoms with E-state index in [-0.39, 0.29) is 62.8 Å². The Morgan fingerprint density at radius 1 is 0.789 bits per heavy atom. The summed E-state index contributed by atoms with van der Waals surface area (Å²) in [5.41, 5.74) is 4.11. The van der Waals surface area contributed by atoms with Gasteiger partial charge in [0.2, 0.25) is 5.91 Å². The summed E-state index contributed by atoms with van der Waals surface area (Å²) < 4.78 is 26.8. The molecule has 13 heteroatoms. The third-order valence-corrected chi connectivity index (χ3v) is 10.8. The standard InChI is InChI=1S/C42H41FN6O6.2CH4/c43-30-6-1-27(2-7-30)35-12-5-29-23-31(50)8-13-36(29)41(35)28-3-9-32(10-4-28)54-22-21-47-17-19-48(20-18-47)38-15-11-33(25-44-38)55-34-24-40(52)49(45-26-34)37-14-16-39(51)46-42(37)53;;/h1-4,6-11,13,15,23-26,35,37,41,50H,5,12,14,16-22H2,(H,46,51,53);2*1H4/t35-,37?,41+;;/m1../s1. The molecule has 2 aliphatic heterocycles. The molecule has 1 aliphatic carbocycles. The van der Waals surface area contributed by atoms with Crippen molar-refractivity contribution in [3.05, 3.63) is 136 Å². The Kier molecular flexibility index (Phi) is 12.7. The number of phenolic OH excluding ortho intramolecular Hbond substituents is 1. The van der Waals surface area contributed by atoms with E-state index in [4.69, 9.17) is 9.47 Å². The first kappa shape index (κ1) is 40.6. The SMILES string of the molecule is C.C.O=C1CCC(n2ncc(Oc3ccc(N4CCN(CCOc5ccc([C@@H]6c7ccc(O)cc7CC[C@@H]6c6ccc(F)cc6)cc5)CC4)nc3)cc2=O)C(=O)N1. The molecule has 2 aromatic heterocycles. The third-order valence-electron chi connectivity index (χ3n) is 10.8. The molecule has 2 N–H and O–H groups in total. The largest absolute Gasteiger partial charge is 0.508 e. The van der Waals surface area contributed by atoms with Crippen LogP contribution < -0.4 is 25.2 Å². The highest BCUT2D eigenvalue weighted by molar-refractivity contribution is 5.99. The average Bonchev–Trinajstić information content (AvgIpc) is 3.19. The zero-order chi connectivity index (χ0) is 37.9. The van der Waals surface area contributed by atoms with Crippen LogP contribution in [-0.4, -0.2) is 75.9 Å². The second-order valence-electron chi connectivity index (χ2n) is 14.2. The van der Waals surface area contributed by atoms with Crippen molar-refractivity contribution >= 4 is 17.6 Å². The number of nitrogens with one attached hydrogen (secondary N) is 1. The van der Waals surface area contributed by atoms with Crippen molar-refractivity contribution in [3.8, 4) is 23.0 Å². The lowest BCUT2D eigenvalue weighted by Gasteiger charge is -2.35. The first-order valence-electron chi connectivity index (χ1n) is 18.6. The third kappa shape index (κ3) is 9.15. The Bertz CT molecular complexity index is 2220. The molecule has 3 atom stereocenters. The number of hydrogen-bond acceptors (Lipinski definition) is 10. The van der Waals surface area contributed by atoms with Crippen LogP contribution in [0.25, 0.3) is 0 Å². The number of aryl methyl sites for hydroxylation is 1. The number of imide groups is 1. The lowest BCUT2D eigenvalue weighted by atomic mass is 9.69. The average molecular weight is 777 g/mol. The predicted octanol–water partition coefficient (Wildman–Crippen LogP) is 6.59. The van der Waals surface area contributed by atoms with Crippen LogP contribution in [0.4, 0.5) is 10.2 Å². The van der Waals surface area contributed by atoms with Crippen molar-refractivity contribution in [2.24, 2.45) is 0 Å². The quantitative estimate of drug-likeness (QED) is 0.150. The van der Waals surface area contributed by atoms with Gasteiger partial charge in [-0.2, -0.15) is 5.10 Å². The van der Waals surface area contributed by atoms with Crippen LogP contribution in [0.3, 0.4) is 0 Å². The van der Waals surface area contributed by atoms with Crippen LogP contribution in [0.2, 0.25) is 0 Å². The molecule has 0 saturated carbocycles. The maximum atomic E-state index is 13.8. The molecule has 0 radical (unpaired) electrons. The summed E-state index contributed by atoms with van der Waals surface area (Å²) in [4.78, 5) is 45.4. The van der Waals surface area contributed by atoms with E-state index in [9.17, 15) is 23.9 Å². The minimum atomic E-state index is -0.833. The van der Waals surface area contributed by atoms with Gasteiger partial charge in [0, 0.05) is 51.1 Å². The van der Waals surface area contributed by atoms with Gasteiger partial charge in [0.15, 0.2) is 5.75 Å². The highest BCUT2D eigenvalue weighted by atomic mass is 19.1. The summed E-state index contributed by atoms with van der Waals surface area (Å²) in [6.07, 6.45) is 5.09. The van der Waals surface area contributed by atoms with Crippen LogP contribution in [0, 0.1) is 5.82 Å². The number of pyridine rings is 1. The van der Waals surface area contributed by atoms with Gasteiger partial charge in [-0.05, 0) is 96.0 Å². The maximum Gasteiger partial charge on any atom is 0.271 e. The number of nitrogens with zero attached hydrogens (tertiary/aromatic N) is 5. The smallest absolute Gasteiger partial charge is 0.271 e. The van der Waals surface area contributed by atoms with Crippen molar-refractivity contribution in [3.63, 3.8) is 0 Å². The van der Waals surface area contributed by atoms with Crippen molar-refractivity contribution in [1.29, 1.82) is 0 Å². The Morgan fingerprint density at radius 2 is 1.53 bits per heavy atom. The van der Waals surface area contributed by atoms with Gasteiger partial charge in [0.05, 0.1) is 12.4 Å². The fourth-order valence-electron chi connectivity index (χ4n) is 7.91. The number of benzene rings is 3. The Balaban J connectivity index is 0.00000275. The van der Waals surface area contributed by atoms with Crippen LogP contribution >= 0.6 is 0 Å².